The highest BCUT2D eigenvalue weighted by molar-refractivity contribution is 6.39. The Labute approximate surface area is 90.8 Å². The highest BCUT2D eigenvalue weighted by Gasteiger charge is 2.23. The van der Waals surface area contributed by atoms with Gasteiger partial charge in [-0.15, -0.1) is 0 Å². The fourth-order valence-electron chi connectivity index (χ4n) is 1.96. The van der Waals surface area contributed by atoms with E-state index < -0.39 is 0 Å². The summed E-state index contributed by atoms with van der Waals surface area (Å²) in [6, 6.07) is 6.96. The summed E-state index contributed by atoms with van der Waals surface area (Å²) < 4.78 is 0. The lowest BCUT2D eigenvalue weighted by molar-refractivity contribution is 0.103. The lowest BCUT2D eigenvalue weighted by Gasteiger charge is -2.05. The van der Waals surface area contributed by atoms with Crippen molar-refractivity contribution in [3.63, 3.8) is 0 Å². The van der Waals surface area contributed by atoms with E-state index in [9.17, 15) is 4.79 Å². The highest BCUT2D eigenvalue weighted by atomic mass is 35.5. The average Bonchev–Trinajstić information content (AvgIpc) is 2.52. The van der Waals surface area contributed by atoms with Crippen LogP contribution >= 0.6 is 11.6 Å². The van der Waals surface area contributed by atoms with Crippen molar-refractivity contribution in [3.8, 4) is 0 Å². The van der Waals surface area contributed by atoms with Crippen LogP contribution in [0.4, 0.5) is 11.4 Å². The molecule has 1 amide bonds. The van der Waals surface area contributed by atoms with Crippen LogP contribution in [0, 0.1) is 0 Å². The Morgan fingerprint density at radius 1 is 1.13 bits per heavy atom. The van der Waals surface area contributed by atoms with E-state index in [1.54, 1.807) is 24.3 Å². The fraction of sp³-hybridized carbons (Fsp3) is 0. The van der Waals surface area contributed by atoms with Gasteiger partial charge in [0.25, 0.3) is 5.91 Å². The Morgan fingerprint density at radius 3 is 2.73 bits per heavy atom. The molecule has 0 saturated carbocycles. The number of amides is 1. The van der Waals surface area contributed by atoms with Gasteiger partial charge in [-0.3, -0.25) is 4.79 Å². The maximum Gasteiger partial charge on any atom is 0.256 e. The molecule has 74 valence electrons. The number of carbonyl (C=O) groups is 1. The van der Waals surface area contributed by atoms with Crippen molar-refractivity contribution in [1.29, 1.82) is 0 Å². The molecule has 2 aromatic carbocycles. The van der Waals surface area contributed by atoms with Gasteiger partial charge in [-0.2, -0.15) is 0 Å². The summed E-state index contributed by atoms with van der Waals surface area (Å²) in [4.78, 5) is 11.6. The van der Waals surface area contributed by atoms with Gasteiger partial charge < -0.3 is 11.1 Å². The van der Waals surface area contributed by atoms with Crippen LogP contribution in [0.2, 0.25) is 5.02 Å². The largest absolute Gasteiger partial charge is 0.398 e. The zero-order valence-corrected chi connectivity index (χ0v) is 8.43. The number of carbonyl (C=O) groups excluding carboxylic acids is 1. The van der Waals surface area contributed by atoms with Crippen LogP contribution in [0.1, 0.15) is 10.4 Å². The lowest BCUT2D eigenvalue weighted by atomic mass is 10.0. The number of benzene rings is 2. The molecule has 3 rings (SSSR count). The van der Waals surface area contributed by atoms with Crippen molar-refractivity contribution in [3.05, 3.63) is 34.9 Å². The molecule has 0 spiro atoms. The molecule has 2 aromatic rings. The first-order valence-corrected chi connectivity index (χ1v) is 4.88. The zero-order chi connectivity index (χ0) is 10.6. The van der Waals surface area contributed by atoms with E-state index in [2.05, 4.69) is 5.32 Å². The second-order valence-electron chi connectivity index (χ2n) is 3.50. The second kappa shape index (κ2) is 2.64. The van der Waals surface area contributed by atoms with Crippen molar-refractivity contribution in [2.45, 2.75) is 0 Å². The van der Waals surface area contributed by atoms with Gasteiger partial charge in [-0.05, 0) is 24.3 Å². The number of hydrogen-bond acceptors (Lipinski definition) is 2. The molecule has 15 heavy (non-hydrogen) atoms. The molecule has 0 fully saturated rings. The molecule has 0 aromatic heterocycles. The summed E-state index contributed by atoms with van der Waals surface area (Å²) in [6.07, 6.45) is 0. The summed E-state index contributed by atoms with van der Waals surface area (Å²) in [5.41, 5.74) is 7.85. The molecular formula is C11H7ClN2O. The SMILES string of the molecule is Nc1ccc2c3c(ccc(Cl)c13)C(=O)N2. The third-order valence-corrected chi connectivity index (χ3v) is 2.95. The number of halogens is 1. The first-order valence-electron chi connectivity index (χ1n) is 4.50. The Balaban J connectivity index is 2.61. The van der Waals surface area contributed by atoms with Crippen LogP contribution in [0.5, 0.6) is 0 Å². The molecule has 0 saturated heterocycles. The highest BCUT2D eigenvalue weighted by Crippen LogP contribution is 2.39. The Hall–Kier alpha value is -1.74. The fourth-order valence-corrected chi connectivity index (χ4v) is 2.23. The van der Waals surface area contributed by atoms with E-state index in [4.69, 9.17) is 17.3 Å². The summed E-state index contributed by atoms with van der Waals surface area (Å²) in [5, 5.41) is 4.93. The minimum absolute atomic E-state index is 0.0998. The van der Waals surface area contributed by atoms with E-state index in [0.717, 1.165) is 16.5 Å². The molecule has 0 radical (unpaired) electrons. The minimum Gasteiger partial charge on any atom is -0.398 e. The van der Waals surface area contributed by atoms with Crippen LogP contribution in [0.3, 0.4) is 0 Å². The van der Waals surface area contributed by atoms with E-state index >= 15 is 0 Å². The number of hydrogen-bond donors (Lipinski definition) is 2. The lowest BCUT2D eigenvalue weighted by Crippen LogP contribution is -2.03. The molecule has 1 heterocycles. The minimum atomic E-state index is -0.0998. The van der Waals surface area contributed by atoms with Gasteiger partial charge in [0.05, 0.1) is 5.02 Å². The van der Waals surface area contributed by atoms with Crippen molar-refractivity contribution >= 4 is 39.7 Å². The van der Waals surface area contributed by atoms with Gasteiger partial charge in [0.2, 0.25) is 0 Å². The van der Waals surface area contributed by atoms with Crippen molar-refractivity contribution in [1.82, 2.24) is 0 Å². The molecular weight excluding hydrogens is 212 g/mol. The molecule has 3 N–H and O–H groups in total. The quantitative estimate of drug-likeness (QED) is 0.668. The normalized spacial score (nSPS) is 13.3. The molecule has 0 bridgehead atoms. The van der Waals surface area contributed by atoms with Crippen LogP contribution in [0.15, 0.2) is 24.3 Å². The van der Waals surface area contributed by atoms with E-state index in [1.807, 2.05) is 0 Å². The zero-order valence-electron chi connectivity index (χ0n) is 7.67. The summed E-state index contributed by atoms with van der Waals surface area (Å²) in [7, 11) is 0. The van der Waals surface area contributed by atoms with Crippen LogP contribution in [-0.2, 0) is 0 Å². The first-order chi connectivity index (χ1) is 7.18. The van der Waals surface area contributed by atoms with E-state index in [1.165, 1.54) is 0 Å². The van der Waals surface area contributed by atoms with Crippen molar-refractivity contribution < 1.29 is 4.79 Å². The first kappa shape index (κ1) is 8.56. The summed E-state index contributed by atoms with van der Waals surface area (Å²) >= 11 is 6.06. The van der Waals surface area contributed by atoms with Crippen LogP contribution < -0.4 is 11.1 Å². The van der Waals surface area contributed by atoms with Gasteiger partial charge in [0, 0.05) is 27.7 Å². The molecule has 0 atom stereocenters. The second-order valence-corrected chi connectivity index (χ2v) is 3.91. The Morgan fingerprint density at radius 2 is 1.93 bits per heavy atom. The Kier molecular flexibility index (Phi) is 1.51. The maximum absolute atomic E-state index is 11.6. The predicted molar refractivity (Wildman–Crippen MR) is 61.3 cm³/mol. The third-order valence-electron chi connectivity index (χ3n) is 2.63. The molecule has 1 aliphatic rings. The van der Waals surface area contributed by atoms with Gasteiger partial charge >= 0.3 is 0 Å². The topological polar surface area (TPSA) is 55.1 Å². The summed E-state index contributed by atoms with van der Waals surface area (Å²) in [6.45, 7) is 0. The molecule has 4 heteroatoms. The molecule has 3 nitrogen and oxygen atoms in total. The number of nitrogens with one attached hydrogen (secondary N) is 1. The van der Waals surface area contributed by atoms with E-state index in [0.29, 0.717) is 16.3 Å². The van der Waals surface area contributed by atoms with Gasteiger partial charge in [0.1, 0.15) is 0 Å². The van der Waals surface area contributed by atoms with Gasteiger partial charge in [-0.1, -0.05) is 11.6 Å². The van der Waals surface area contributed by atoms with Crippen LogP contribution in [-0.4, -0.2) is 5.91 Å². The van der Waals surface area contributed by atoms with Gasteiger partial charge in [-0.25, -0.2) is 0 Å². The monoisotopic (exact) mass is 218 g/mol. The number of nitrogen functional groups attached to an aromatic ring is 1. The third kappa shape index (κ3) is 0.982. The number of rotatable bonds is 0. The Bertz CT molecular complexity index is 599. The standard InChI is InChI=1S/C11H7ClN2O/c12-6-2-1-5-9-8(14-11(5)15)4-3-7(13)10(6)9/h1-4H,13H2,(H,14,15). The van der Waals surface area contributed by atoms with Gasteiger partial charge in [0.15, 0.2) is 0 Å². The summed E-state index contributed by atoms with van der Waals surface area (Å²) in [5.74, 6) is -0.0998. The van der Waals surface area contributed by atoms with E-state index in [-0.39, 0.29) is 5.91 Å². The molecule has 0 unspecified atom stereocenters. The number of nitrogens with two attached hydrogens (primary N) is 1. The molecule has 0 aliphatic carbocycles. The van der Waals surface area contributed by atoms with Crippen molar-refractivity contribution in [2.24, 2.45) is 0 Å². The van der Waals surface area contributed by atoms with Crippen molar-refractivity contribution in [2.75, 3.05) is 11.1 Å². The maximum atomic E-state index is 11.6. The molecule has 1 aliphatic heterocycles. The number of anilines is 2. The van der Waals surface area contributed by atoms with Crippen LogP contribution in [0.25, 0.3) is 10.8 Å². The predicted octanol–water partition coefficient (Wildman–Crippen LogP) is 2.64. The average molecular weight is 219 g/mol. The smallest absolute Gasteiger partial charge is 0.256 e.